The van der Waals surface area contributed by atoms with Crippen LogP contribution in [0.25, 0.3) is 0 Å². The Morgan fingerprint density at radius 1 is 1.07 bits per heavy atom. The monoisotopic (exact) mass is 428 g/mol. The molecule has 7 heteroatoms. The molecule has 0 aliphatic carbocycles. The number of nitrogens with zero attached hydrogens (tertiary/aromatic N) is 2. The van der Waals surface area contributed by atoms with Gasteiger partial charge in [-0.3, -0.25) is 9.69 Å². The largest absolute Gasteiger partial charge is 0.392 e. The lowest BCUT2D eigenvalue weighted by Gasteiger charge is -2.33. The van der Waals surface area contributed by atoms with E-state index in [9.17, 15) is 4.79 Å². The summed E-state index contributed by atoms with van der Waals surface area (Å²) in [5.74, 6) is 0.708. The lowest BCUT2D eigenvalue weighted by molar-refractivity contribution is -0.122. The van der Waals surface area contributed by atoms with Gasteiger partial charge in [0.2, 0.25) is 5.91 Å². The van der Waals surface area contributed by atoms with E-state index in [1.807, 2.05) is 54.6 Å². The third kappa shape index (κ3) is 3.85. The molecule has 0 radical (unpaired) electrons. The zero-order chi connectivity index (χ0) is 18.6. The molecular formula is C20H21BrN4O2. The summed E-state index contributed by atoms with van der Waals surface area (Å²) >= 11 is 3.47. The number of benzene rings is 2. The van der Waals surface area contributed by atoms with Gasteiger partial charge in [0.1, 0.15) is 0 Å². The van der Waals surface area contributed by atoms with Crippen LogP contribution in [0.2, 0.25) is 0 Å². The van der Waals surface area contributed by atoms with Crippen molar-refractivity contribution in [2.24, 2.45) is 5.92 Å². The molecule has 4 rings (SSSR count). The van der Waals surface area contributed by atoms with Crippen molar-refractivity contribution in [1.82, 2.24) is 10.9 Å². The van der Waals surface area contributed by atoms with Gasteiger partial charge in [0.25, 0.3) is 0 Å². The van der Waals surface area contributed by atoms with Gasteiger partial charge in [0.05, 0.1) is 11.4 Å². The number of hydrazine groups is 1. The highest BCUT2D eigenvalue weighted by Crippen LogP contribution is 2.31. The van der Waals surface area contributed by atoms with Gasteiger partial charge in [0, 0.05) is 10.4 Å². The Morgan fingerprint density at radius 2 is 1.78 bits per heavy atom. The third-order valence-electron chi connectivity index (χ3n) is 4.77. The summed E-state index contributed by atoms with van der Waals surface area (Å²) in [6.45, 7) is 1.72. The predicted molar refractivity (Wildman–Crippen MR) is 108 cm³/mol. The van der Waals surface area contributed by atoms with E-state index < -0.39 is 0 Å². The molecule has 27 heavy (non-hydrogen) atoms. The first-order valence-electron chi connectivity index (χ1n) is 9.01. The number of halogens is 1. The van der Waals surface area contributed by atoms with Crippen molar-refractivity contribution in [2.45, 2.75) is 12.8 Å². The molecule has 1 fully saturated rings. The van der Waals surface area contributed by atoms with E-state index in [0.717, 1.165) is 41.8 Å². The van der Waals surface area contributed by atoms with Gasteiger partial charge < -0.3 is 10.2 Å². The van der Waals surface area contributed by atoms with E-state index in [1.54, 1.807) is 16.2 Å². The number of piperidine rings is 1. The topological polar surface area (TPSA) is 56.8 Å². The second-order valence-electron chi connectivity index (χ2n) is 6.53. The third-order valence-corrected chi connectivity index (χ3v) is 5.30. The van der Waals surface area contributed by atoms with Gasteiger partial charge in [-0.15, -0.1) is 0 Å². The molecular weight excluding hydrogens is 408 g/mol. The lowest BCUT2D eigenvalue weighted by atomic mass is 9.96. The van der Waals surface area contributed by atoms with Crippen LogP contribution < -0.4 is 20.8 Å². The number of anilines is 2. The van der Waals surface area contributed by atoms with Crippen molar-refractivity contribution in [3.63, 3.8) is 0 Å². The summed E-state index contributed by atoms with van der Waals surface area (Å²) in [6, 6.07) is 17.5. The van der Waals surface area contributed by atoms with E-state index in [4.69, 9.17) is 4.84 Å². The Labute approximate surface area is 166 Å². The van der Waals surface area contributed by atoms with E-state index in [2.05, 4.69) is 26.8 Å². The average Bonchev–Trinajstić information content (AvgIpc) is 3.20. The molecule has 2 N–H and O–H groups in total. The minimum absolute atomic E-state index is 0.0194. The fourth-order valence-corrected chi connectivity index (χ4v) is 3.62. The highest BCUT2D eigenvalue weighted by atomic mass is 79.9. The summed E-state index contributed by atoms with van der Waals surface area (Å²) in [5, 5.41) is 5.10. The molecule has 2 aromatic carbocycles. The van der Waals surface area contributed by atoms with Crippen molar-refractivity contribution >= 4 is 33.2 Å². The van der Waals surface area contributed by atoms with Crippen LogP contribution >= 0.6 is 15.9 Å². The van der Waals surface area contributed by atoms with Crippen molar-refractivity contribution in [2.75, 3.05) is 23.0 Å². The molecule has 6 nitrogen and oxygen atoms in total. The van der Waals surface area contributed by atoms with Gasteiger partial charge in [-0.25, -0.2) is 5.01 Å². The van der Waals surface area contributed by atoms with Gasteiger partial charge in [-0.2, -0.15) is 0 Å². The minimum Gasteiger partial charge on any atom is -0.392 e. The highest BCUT2D eigenvalue weighted by molar-refractivity contribution is 9.10. The molecule has 1 saturated heterocycles. The van der Waals surface area contributed by atoms with Crippen LogP contribution in [0, 0.1) is 5.92 Å². The second-order valence-corrected chi connectivity index (χ2v) is 7.45. The Bertz CT molecular complexity index is 820. The standard InChI is InChI=1S/C20H21BrN4O2/c21-16-6-8-17(9-7-16)24(20(26)15-10-12-22-13-11-15)19-14-27-23-25(19)18-4-2-1-3-5-18/h1-9,14-15,22-23H,10-13H2. The summed E-state index contributed by atoms with van der Waals surface area (Å²) in [7, 11) is 0. The van der Waals surface area contributed by atoms with Crippen LogP contribution in [0.5, 0.6) is 0 Å². The lowest BCUT2D eigenvalue weighted by Crippen LogP contribution is -2.46. The number of carbonyl (C=O) groups is 1. The zero-order valence-corrected chi connectivity index (χ0v) is 16.4. The first-order chi connectivity index (χ1) is 13.2. The van der Waals surface area contributed by atoms with Crippen LogP contribution in [0.3, 0.4) is 0 Å². The molecule has 0 unspecified atom stereocenters. The summed E-state index contributed by atoms with van der Waals surface area (Å²) < 4.78 is 0.968. The molecule has 2 heterocycles. The van der Waals surface area contributed by atoms with Crippen molar-refractivity contribution in [1.29, 1.82) is 0 Å². The number of rotatable bonds is 4. The minimum atomic E-state index is -0.0194. The van der Waals surface area contributed by atoms with Gasteiger partial charge in [0.15, 0.2) is 12.1 Å². The molecule has 0 saturated carbocycles. The van der Waals surface area contributed by atoms with Crippen LogP contribution in [0.15, 0.2) is 71.2 Å². The molecule has 0 atom stereocenters. The molecule has 2 aromatic rings. The Hall–Kier alpha value is -2.35. The predicted octanol–water partition coefficient (Wildman–Crippen LogP) is 3.54. The Kier molecular flexibility index (Phi) is 5.42. The molecule has 0 spiro atoms. The maximum absolute atomic E-state index is 13.5. The number of para-hydroxylation sites is 1. The molecule has 2 aliphatic heterocycles. The summed E-state index contributed by atoms with van der Waals surface area (Å²) in [6.07, 6.45) is 3.24. The van der Waals surface area contributed by atoms with Crippen LogP contribution in [-0.4, -0.2) is 19.0 Å². The molecule has 1 amide bonds. The van der Waals surface area contributed by atoms with Gasteiger partial charge >= 0.3 is 0 Å². The van der Waals surface area contributed by atoms with Crippen molar-refractivity contribution in [3.05, 3.63) is 71.2 Å². The van der Waals surface area contributed by atoms with Crippen molar-refractivity contribution in [3.8, 4) is 0 Å². The number of carbonyl (C=O) groups excluding carboxylic acids is 1. The molecule has 0 bridgehead atoms. The number of nitrogens with one attached hydrogen (secondary N) is 2. The maximum atomic E-state index is 13.5. The quantitative estimate of drug-likeness (QED) is 0.779. The van der Waals surface area contributed by atoms with E-state index >= 15 is 0 Å². The van der Waals surface area contributed by atoms with Gasteiger partial charge in [-0.1, -0.05) is 39.7 Å². The maximum Gasteiger partial charge on any atom is 0.236 e. The first kappa shape index (κ1) is 18.0. The zero-order valence-electron chi connectivity index (χ0n) is 14.8. The molecule has 140 valence electrons. The number of amides is 1. The number of hydrogen-bond donors (Lipinski definition) is 2. The Morgan fingerprint density at radius 3 is 2.48 bits per heavy atom. The van der Waals surface area contributed by atoms with Crippen molar-refractivity contribution < 1.29 is 9.63 Å². The average molecular weight is 429 g/mol. The van der Waals surface area contributed by atoms with E-state index in [1.165, 1.54) is 0 Å². The normalized spacial score (nSPS) is 17.4. The second kappa shape index (κ2) is 8.12. The first-order valence-corrected chi connectivity index (χ1v) is 9.80. The number of hydrogen-bond acceptors (Lipinski definition) is 5. The summed E-state index contributed by atoms with van der Waals surface area (Å²) in [4.78, 5) is 20.6. The SMILES string of the molecule is O=C(C1CCNCC1)N(C1=CONN1c1ccccc1)c1ccc(Br)cc1. The van der Waals surface area contributed by atoms with E-state index in [-0.39, 0.29) is 11.8 Å². The summed E-state index contributed by atoms with van der Waals surface area (Å²) in [5.41, 5.74) is 4.56. The van der Waals surface area contributed by atoms with Crippen LogP contribution in [0.4, 0.5) is 11.4 Å². The fourth-order valence-electron chi connectivity index (χ4n) is 3.36. The smallest absolute Gasteiger partial charge is 0.236 e. The molecule has 0 aromatic heterocycles. The van der Waals surface area contributed by atoms with Crippen LogP contribution in [0.1, 0.15) is 12.8 Å². The molecule has 2 aliphatic rings. The highest BCUT2D eigenvalue weighted by Gasteiger charge is 2.34. The van der Waals surface area contributed by atoms with Gasteiger partial charge in [-0.05, 0) is 62.3 Å². The fraction of sp³-hybridized carbons (Fsp3) is 0.250. The Balaban J connectivity index is 1.70. The van der Waals surface area contributed by atoms with E-state index in [0.29, 0.717) is 5.82 Å². The van der Waals surface area contributed by atoms with Crippen LogP contribution in [-0.2, 0) is 9.63 Å².